The first kappa shape index (κ1) is 13.8. The van der Waals surface area contributed by atoms with Crippen LogP contribution in [-0.2, 0) is 14.9 Å². The first-order valence-corrected chi connectivity index (χ1v) is 7.16. The summed E-state index contributed by atoms with van der Waals surface area (Å²) in [6.45, 7) is 1.89. The fourth-order valence-corrected chi connectivity index (χ4v) is 2.35. The minimum atomic E-state index is -0.795. The van der Waals surface area contributed by atoms with Crippen LogP contribution in [-0.4, -0.2) is 11.5 Å². The summed E-state index contributed by atoms with van der Waals surface area (Å²) in [7, 11) is 0. The maximum absolute atomic E-state index is 12.4. The third-order valence-corrected chi connectivity index (χ3v) is 3.53. The quantitative estimate of drug-likeness (QED) is 0.631. The lowest BCUT2D eigenvalue weighted by Gasteiger charge is -2.28. The summed E-state index contributed by atoms with van der Waals surface area (Å²) in [6.07, 6.45) is 0. The van der Waals surface area contributed by atoms with Crippen molar-refractivity contribution in [2.24, 2.45) is 0 Å². The molecule has 0 spiro atoms. The van der Waals surface area contributed by atoms with Gasteiger partial charge in [0.1, 0.15) is 10.9 Å². The second-order valence-electron chi connectivity index (χ2n) is 4.40. The molecule has 0 atom stereocenters. The van der Waals surface area contributed by atoms with Gasteiger partial charge in [0.2, 0.25) is 0 Å². The van der Waals surface area contributed by atoms with Gasteiger partial charge in [-0.3, -0.25) is 4.79 Å². The van der Waals surface area contributed by atoms with Crippen LogP contribution >= 0.6 is 15.9 Å². The van der Waals surface area contributed by atoms with Gasteiger partial charge in [-0.05, 0) is 34.0 Å². The summed E-state index contributed by atoms with van der Waals surface area (Å²) in [6, 6.07) is 19.4. The van der Waals surface area contributed by atoms with Gasteiger partial charge < -0.3 is 4.74 Å². The Kier molecular flexibility index (Phi) is 4.38. The van der Waals surface area contributed by atoms with E-state index in [9.17, 15) is 4.79 Å². The van der Waals surface area contributed by atoms with Crippen LogP contribution in [0.3, 0.4) is 0 Å². The van der Waals surface area contributed by atoms with E-state index in [0.29, 0.717) is 0 Å². The van der Waals surface area contributed by atoms with Crippen LogP contribution < -0.4 is 0 Å². The lowest BCUT2D eigenvalue weighted by Crippen LogP contribution is -2.35. The molecule has 0 aliphatic carbocycles. The molecule has 0 aromatic heterocycles. The smallest absolute Gasteiger partial charge is 0.321 e. The van der Waals surface area contributed by atoms with Gasteiger partial charge in [0, 0.05) is 0 Å². The van der Waals surface area contributed by atoms with Crippen LogP contribution in [0.4, 0.5) is 0 Å². The highest BCUT2D eigenvalue weighted by molar-refractivity contribution is 9.09. The molecule has 0 saturated heterocycles. The fourth-order valence-electron chi connectivity index (χ4n) is 2.14. The summed E-state index contributed by atoms with van der Waals surface area (Å²) in [4.78, 5) is 12.4. The number of carbonyl (C=O) groups is 1. The lowest BCUT2D eigenvalue weighted by atomic mass is 9.76. The van der Waals surface area contributed by atoms with Gasteiger partial charge in [0.25, 0.3) is 0 Å². The van der Waals surface area contributed by atoms with E-state index in [4.69, 9.17) is 4.74 Å². The van der Waals surface area contributed by atoms with Crippen molar-refractivity contribution in [3.05, 3.63) is 71.8 Å². The second kappa shape index (κ2) is 6.02. The van der Waals surface area contributed by atoms with Gasteiger partial charge in [0.05, 0.1) is 0 Å². The summed E-state index contributed by atoms with van der Waals surface area (Å²) >= 11 is 3.14. The van der Waals surface area contributed by atoms with Crippen molar-refractivity contribution in [2.45, 2.75) is 12.3 Å². The van der Waals surface area contributed by atoms with E-state index < -0.39 is 5.41 Å². The van der Waals surface area contributed by atoms with E-state index in [1.165, 1.54) is 0 Å². The Hall–Kier alpha value is -1.61. The van der Waals surface area contributed by atoms with Gasteiger partial charge in [-0.1, -0.05) is 60.7 Å². The fraction of sp³-hybridized carbons (Fsp3) is 0.188. The van der Waals surface area contributed by atoms with Crippen LogP contribution in [0, 0.1) is 0 Å². The van der Waals surface area contributed by atoms with Crippen molar-refractivity contribution < 1.29 is 9.53 Å². The van der Waals surface area contributed by atoms with Gasteiger partial charge >= 0.3 is 5.97 Å². The van der Waals surface area contributed by atoms with Crippen LogP contribution in [0.15, 0.2) is 60.7 Å². The molecule has 0 aliphatic rings. The van der Waals surface area contributed by atoms with Crippen molar-refractivity contribution in [2.75, 3.05) is 5.52 Å². The summed E-state index contributed by atoms with van der Waals surface area (Å²) < 4.78 is 5.19. The molecular formula is C16H15BrO2. The lowest BCUT2D eigenvalue weighted by molar-refractivity contribution is -0.145. The Morgan fingerprint density at radius 3 is 1.79 bits per heavy atom. The van der Waals surface area contributed by atoms with Crippen molar-refractivity contribution in [1.29, 1.82) is 0 Å². The third-order valence-electron chi connectivity index (χ3n) is 3.30. The van der Waals surface area contributed by atoms with E-state index in [2.05, 4.69) is 15.9 Å². The number of alkyl halides is 1. The minimum Gasteiger partial charge on any atom is -0.453 e. The molecule has 2 aromatic rings. The zero-order chi connectivity index (χ0) is 13.7. The molecule has 0 fully saturated rings. The predicted octanol–water partition coefficient (Wildman–Crippen LogP) is 3.89. The number of esters is 1. The molecule has 2 rings (SSSR count). The Morgan fingerprint density at radius 1 is 1.00 bits per heavy atom. The maximum Gasteiger partial charge on any atom is 0.321 e. The highest BCUT2D eigenvalue weighted by atomic mass is 79.9. The molecule has 2 nitrogen and oxygen atoms in total. The van der Waals surface area contributed by atoms with Gasteiger partial charge in [-0.15, -0.1) is 0 Å². The molecule has 0 radical (unpaired) electrons. The monoisotopic (exact) mass is 318 g/mol. The van der Waals surface area contributed by atoms with Crippen LogP contribution in [0.2, 0.25) is 0 Å². The SMILES string of the molecule is CC(C(=O)OCBr)(c1ccccc1)c1ccccc1. The average molecular weight is 319 g/mol. The van der Waals surface area contributed by atoms with Crippen LogP contribution in [0.5, 0.6) is 0 Å². The van der Waals surface area contributed by atoms with E-state index in [-0.39, 0.29) is 11.5 Å². The standard InChI is InChI=1S/C16H15BrO2/c1-16(15(18)19-12-17,13-8-4-2-5-9-13)14-10-6-3-7-11-14/h2-11H,12H2,1H3. The number of benzene rings is 2. The number of ether oxygens (including phenoxy) is 1. The first-order valence-electron chi connectivity index (χ1n) is 6.04. The Labute approximate surface area is 121 Å². The zero-order valence-electron chi connectivity index (χ0n) is 10.7. The number of rotatable bonds is 4. The van der Waals surface area contributed by atoms with Crippen LogP contribution in [0.1, 0.15) is 18.1 Å². The van der Waals surface area contributed by atoms with Crippen molar-refractivity contribution in [3.63, 3.8) is 0 Å². The Bertz CT molecular complexity index is 498. The van der Waals surface area contributed by atoms with E-state index in [1.54, 1.807) is 0 Å². The predicted molar refractivity (Wildman–Crippen MR) is 79.2 cm³/mol. The van der Waals surface area contributed by atoms with E-state index in [1.807, 2.05) is 67.6 Å². The first-order chi connectivity index (χ1) is 9.19. The second-order valence-corrected chi connectivity index (χ2v) is 4.86. The maximum atomic E-state index is 12.4. The summed E-state index contributed by atoms with van der Waals surface area (Å²) in [5.41, 5.74) is 1.25. The Balaban J connectivity index is 2.54. The minimum absolute atomic E-state index is 0.196. The molecule has 0 bridgehead atoms. The zero-order valence-corrected chi connectivity index (χ0v) is 12.3. The van der Waals surface area contributed by atoms with Crippen molar-refractivity contribution in [3.8, 4) is 0 Å². The average Bonchev–Trinajstić information content (AvgIpc) is 2.48. The summed E-state index contributed by atoms with van der Waals surface area (Å²) in [5, 5.41) is 0. The molecule has 0 aliphatic heterocycles. The van der Waals surface area contributed by atoms with Crippen LogP contribution in [0.25, 0.3) is 0 Å². The van der Waals surface area contributed by atoms with Crippen molar-refractivity contribution >= 4 is 21.9 Å². The summed E-state index contributed by atoms with van der Waals surface area (Å²) in [5.74, 6) is -0.262. The molecule has 0 saturated carbocycles. The number of hydrogen-bond donors (Lipinski definition) is 0. The molecule has 98 valence electrons. The van der Waals surface area contributed by atoms with Crippen molar-refractivity contribution in [1.82, 2.24) is 0 Å². The largest absolute Gasteiger partial charge is 0.453 e. The van der Waals surface area contributed by atoms with Gasteiger partial charge in [0.15, 0.2) is 0 Å². The van der Waals surface area contributed by atoms with E-state index >= 15 is 0 Å². The number of hydrogen-bond acceptors (Lipinski definition) is 2. The van der Waals surface area contributed by atoms with Gasteiger partial charge in [-0.25, -0.2) is 0 Å². The highest BCUT2D eigenvalue weighted by Gasteiger charge is 2.38. The molecule has 0 amide bonds. The molecule has 0 unspecified atom stereocenters. The van der Waals surface area contributed by atoms with E-state index in [0.717, 1.165) is 11.1 Å². The molecule has 0 N–H and O–H groups in total. The molecular weight excluding hydrogens is 304 g/mol. The number of halogens is 1. The highest BCUT2D eigenvalue weighted by Crippen LogP contribution is 2.33. The number of carbonyl (C=O) groups excluding carboxylic acids is 1. The molecule has 3 heteroatoms. The normalized spacial score (nSPS) is 11.1. The molecule has 0 heterocycles. The molecule has 19 heavy (non-hydrogen) atoms. The topological polar surface area (TPSA) is 26.3 Å². The van der Waals surface area contributed by atoms with Gasteiger partial charge in [-0.2, -0.15) is 0 Å². The molecule has 2 aromatic carbocycles. The third kappa shape index (κ3) is 2.71. The Morgan fingerprint density at radius 2 is 1.42 bits per heavy atom.